The van der Waals surface area contributed by atoms with E-state index in [1.54, 1.807) is 0 Å². The molecule has 0 heterocycles. The molecule has 2 heteroatoms. The number of ether oxygens (including phenoxy) is 1. The minimum Gasteiger partial charge on any atom is -0.491 e. The third kappa shape index (κ3) is 4.52. The van der Waals surface area contributed by atoms with Crippen LogP contribution in [0.15, 0.2) is 24.3 Å². The van der Waals surface area contributed by atoms with Gasteiger partial charge in [0.1, 0.15) is 5.75 Å². The molecule has 0 bridgehead atoms. The topological polar surface area (TPSA) is 21.3 Å². The van der Waals surface area contributed by atoms with Crippen molar-refractivity contribution in [1.29, 1.82) is 0 Å². The molecule has 112 valence electrons. The monoisotopic (exact) mass is 275 g/mol. The molecule has 2 nitrogen and oxygen atoms in total. The van der Waals surface area contributed by atoms with Gasteiger partial charge in [-0.15, -0.1) is 0 Å². The SMILES string of the molecule is CCCNC(CC1CCC1)c1cccc(OC(C)C)c1. The van der Waals surface area contributed by atoms with Crippen LogP contribution in [0.3, 0.4) is 0 Å². The van der Waals surface area contributed by atoms with E-state index >= 15 is 0 Å². The van der Waals surface area contributed by atoms with Gasteiger partial charge < -0.3 is 10.1 Å². The molecule has 1 aromatic carbocycles. The van der Waals surface area contributed by atoms with Gasteiger partial charge in [0.25, 0.3) is 0 Å². The smallest absolute Gasteiger partial charge is 0.120 e. The number of nitrogens with one attached hydrogen (secondary N) is 1. The van der Waals surface area contributed by atoms with E-state index in [-0.39, 0.29) is 6.10 Å². The van der Waals surface area contributed by atoms with Crippen LogP contribution in [0.2, 0.25) is 0 Å². The molecular weight excluding hydrogens is 246 g/mol. The quantitative estimate of drug-likeness (QED) is 0.742. The molecule has 1 atom stereocenters. The summed E-state index contributed by atoms with van der Waals surface area (Å²) in [6, 6.07) is 9.11. The van der Waals surface area contributed by atoms with Gasteiger partial charge in [-0.25, -0.2) is 0 Å². The van der Waals surface area contributed by atoms with Crippen LogP contribution in [0, 0.1) is 5.92 Å². The van der Waals surface area contributed by atoms with Gasteiger partial charge in [0, 0.05) is 6.04 Å². The highest BCUT2D eigenvalue weighted by molar-refractivity contribution is 5.31. The van der Waals surface area contributed by atoms with Crippen molar-refractivity contribution >= 4 is 0 Å². The maximum atomic E-state index is 5.83. The predicted molar refractivity (Wildman–Crippen MR) is 85.2 cm³/mol. The van der Waals surface area contributed by atoms with E-state index in [4.69, 9.17) is 4.74 Å². The molecular formula is C18H29NO. The number of hydrogen-bond donors (Lipinski definition) is 1. The van der Waals surface area contributed by atoms with Gasteiger partial charge in [-0.05, 0) is 56.8 Å². The summed E-state index contributed by atoms with van der Waals surface area (Å²) in [6.45, 7) is 7.47. The van der Waals surface area contributed by atoms with Crippen LogP contribution >= 0.6 is 0 Å². The molecule has 1 aliphatic carbocycles. The lowest BCUT2D eigenvalue weighted by atomic mass is 9.79. The largest absolute Gasteiger partial charge is 0.491 e. The van der Waals surface area contributed by atoms with Crippen molar-refractivity contribution in [2.75, 3.05) is 6.54 Å². The fourth-order valence-electron chi connectivity index (χ4n) is 2.79. The summed E-state index contributed by atoms with van der Waals surface area (Å²) in [5.41, 5.74) is 1.38. The first-order chi connectivity index (χ1) is 9.69. The van der Waals surface area contributed by atoms with E-state index in [1.807, 2.05) is 0 Å². The molecule has 20 heavy (non-hydrogen) atoms. The molecule has 0 spiro atoms. The summed E-state index contributed by atoms with van der Waals surface area (Å²) in [4.78, 5) is 0. The van der Waals surface area contributed by atoms with Gasteiger partial charge in [-0.2, -0.15) is 0 Å². The second-order valence-electron chi connectivity index (χ2n) is 6.28. The standard InChI is InChI=1S/C18H29NO/c1-4-11-19-18(12-15-7-5-8-15)16-9-6-10-17(13-16)20-14(2)3/h6,9-10,13-15,18-19H,4-5,7-8,11-12H2,1-3H3. The zero-order valence-electron chi connectivity index (χ0n) is 13.2. The van der Waals surface area contributed by atoms with E-state index < -0.39 is 0 Å². The molecule has 1 unspecified atom stereocenters. The molecule has 0 aliphatic heterocycles. The van der Waals surface area contributed by atoms with Crippen molar-refractivity contribution in [1.82, 2.24) is 5.32 Å². The predicted octanol–water partition coefficient (Wildman–Crippen LogP) is 4.70. The summed E-state index contributed by atoms with van der Waals surface area (Å²) in [7, 11) is 0. The average Bonchev–Trinajstić information content (AvgIpc) is 2.36. The summed E-state index contributed by atoms with van der Waals surface area (Å²) < 4.78 is 5.83. The normalized spacial score (nSPS) is 17.0. The molecule has 1 fully saturated rings. The molecule has 0 aromatic heterocycles. The summed E-state index contributed by atoms with van der Waals surface area (Å²) >= 11 is 0. The fourth-order valence-corrected chi connectivity index (χ4v) is 2.79. The first-order valence-corrected chi connectivity index (χ1v) is 8.19. The lowest BCUT2D eigenvalue weighted by Crippen LogP contribution is -2.26. The lowest BCUT2D eigenvalue weighted by molar-refractivity contribution is 0.240. The minimum absolute atomic E-state index is 0.235. The Kier molecular flexibility index (Phi) is 5.90. The first kappa shape index (κ1) is 15.4. The van der Waals surface area contributed by atoms with Crippen molar-refractivity contribution in [3.63, 3.8) is 0 Å². The zero-order chi connectivity index (χ0) is 14.4. The average molecular weight is 275 g/mol. The molecule has 1 N–H and O–H groups in total. The Balaban J connectivity index is 2.05. The van der Waals surface area contributed by atoms with Crippen molar-refractivity contribution in [2.45, 2.75) is 65.0 Å². The van der Waals surface area contributed by atoms with E-state index in [0.717, 1.165) is 18.2 Å². The van der Waals surface area contributed by atoms with Crippen molar-refractivity contribution < 1.29 is 4.74 Å². The number of hydrogen-bond acceptors (Lipinski definition) is 2. The molecule has 0 radical (unpaired) electrons. The van der Waals surface area contributed by atoms with Crippen LogP contribution in [0.1, 0.15) is 64.5 Å². The Labute approximate surface area is 123 Å². The highest BCUT2D eigenvalue weighted by Crippen LogP contribution is 2.35. The second kappa shape index (κ2) is 7.68. The van der Waals surface area contributed by atoms with Gasteiger partial charge in [-0.3, -0.25) is 0 Å². The molecule has 2 rings (SSSR count). The lowest BCUT2D eigenvalue weighted by Gasteiger charge is -2.30. The van der Waals surface area contributed by atoms with Crippen LogP contribution < -0.4 is 10.1 Å². The minimum atomic E-state index is 0.235. The van der Waals surface area contributed by atoms with Crippen LogP contribution in [0.25, 0.3) is 0 Å². The Morgan fingerprint density at radius 3 is 2.70 bits per heavy atom. The van der Waals surface area contributed by atoms with Gasteiger partial charge in [0.15, 0.2) is 0 Å². The highest BCUT2D eigenvalue weighted by Gasteiger charge is 2.23. The third-order valence-corrected chi connectivity index (χ3v) is 4.07. The Morgan fingerprint density at radius 1 is 1.30 bits per heavy atom. The van der Waals surface area contributed by atoms with Crippen LogP contribution in [-0.2, 0) is 0 Å². The first-order valence-electron chi connectivity index (χ1n) is 8.19. The number of benzene rings is 1. The van der Waals surface area contributed by atoms with Crippen molar-refractivity contribution in [3.8, 4) is 5.75 Å². The highest BCUT2D eigenvalue weighted by atomic mass is 16.5. The Hall–Kier alpha value is -1.02. The summed E-state index contributed by atoms with van der Waals surface area (Å²) in [5, 5.41) is 3.71. The maximum absolute atomic E-state index is 5.83. The van der Waals surface area contributed by atoms with Gasteiger partial charge in [0.05, 0.1) is 6.10 Å². The molecule has 1 aromatic rings. The maximum Gasteiger partial charge on any atom is 0.120 e. The fraction of sp³-hybridized carbons (Fsp3) is 0.667. The molecule has 1 aliphatic rings. The van der Waals surface area contributed by atoms with Crippen molar-refractivity contribution in [2.24, 2.45) is 5.92 Å². The van der Waals surface area contributed by atoms with Crippen LogP contribution in [0.4, 0.5) is 0 Å². The summed E-state index contributed by atoms with van der Waals surface area (Å²) in [5.74, 6) is 1.91. The Morgan fingerprint density at radius 2 is 2.10 bits per heavy atom. The number of rotatable bonds is 8. The zero-order valence-corrected chi connectivity index (χ0v) is 13.2. The van der Waals surface area contributed by atoms with Gasteiger partial charge in [0.2, 0.25) is 0 Å². The van der Waals surface area contributed by atoms with E-state index in [0.29, 0.717) is 6.04 Å². The van der Waals surface area contributed by atoms with Crippen LogP contribution in [0.5, 0.6) is 5.75 Å². The van der Waals surface area contributed by atoms with Gasteiger partial charge >= 0.3 is 0 Å². The molecule has 0 saturated heterocycles. The third-order valence-electron chi connectivity index (χ3n) is 4.07. The second-order valence-corrected chi connectivity index (χ2v) is 6.28. The van der Waals surface area contributed by atoms with E-state index in [9.17, 15) is 0 Å². The van der Waals surface area contributed by atoms with Gasteiger partial charge in [-0.1, -0.05) is 38.3 Å². The molecule has 0 amide bonds. The molecule has 1 saturated carbocycles. The Bertz CT molecular complexity index is 398. The summed E-state index contributed by atoms with van der Waals surface area (Å²) in [6.07, 6.45) is 6.92. The van der Waals surface area contributed by atoms with Crippen molar-refractivity contribution in [3.05, 3.63) is 29.8 Å². The van der Waals surface area contributed by atoms with E-state index in [2.05, 4.69) is 50.4 Å². The van der Waals surface area contributed by atoms with E-state index in [1.165, 1.54) is 37.7 Å². The van der Waals surface area contributed by atoms with Crippen LogP contribution in [-0.4, -0.2) is 12.6 Å².